The van der Waals surface area contributed by atoms with E-state index < -0.39 is 5.60 Å². The third-order valence-electron chi connectivity index (χ3n) is 5.67. The molecule has 0 aliphatic rings. The topological polar surface area (TPSA) is 49.3 Å². The van der Waals surface area contributed by atoms with E-state index in [1.165, 1.54) is 0 Å². The largest absolute Gasteiger partial charge is 0.384 e. The molecule has 0 aliphatic heterocycles. The number of hydrogen-bond acceptors (Lipinski definition) is 2. The molecule has 0 aliphatic carbocycles. The number of benzene rings is 4. The van der Waals surface area contributed by atoms with Gasteiger partial charge in [-0.25, -0.2) is 0 Å². The Balaban J connectivity index is 1.34. The maximum Gasteiger partial charge on any atom is 0.224 e. The van der Waals surface area contributed by atoms with Crippen molar-refractivity contribution in [2.45, 2.75) is 18.9 Å². The van der Waals surface area contributed by atoms with Gasteiger partial charge in [-0.05, 0) is 40.3 Å². The van der Waals surface area contributed by atoms with Crippen molar-refractivity contribution in [2.24, 2.45) is 0 Å². The fraction of sp³-hybridized carbons (Fsp3) is 0.138. The van der Waals surface area contributed by atoms with Crippen molar-refractivity contribution in [1.82, 2.24) is 5.32 Å². The minimum atomic E-state index is -1.15. The van der Waals surface area contributed by atoms with Crippen LogP contribution in [0.15, 0.2) is 109 Å². The Bertz CT molecular complexity index is 1150. The molecule has 1 atom stereocenters. The van der Waals surface area contributed by atoms with Gasteiger partial charge in [-0.15, -0.1) is 0 Å². The SMILES string of the molecule is CC(O)(CNC(=O)Cc1ccc(-c2ccccc2)cc1)c1ccc(-c2ccccc2)cc1. The summed E-state index contributed by atoms with van der Waals surface area (Å²) < 4.78 is 0. The third kappa shape index (κ3) is 5.32. The zero-order valence-corrected chi connectivity index (χ0v) is 18.2. The molecule has 0 spiro atoms. The molecule has 0 fully saturated rings. The number of nitrogens with one attached hydrogen (secondary N) is 1. The second-order valence-electron chi connectivity index (χ2n) is 8.23. The van der Waals surface area contributed by atoms with Gasteiger partial charge in [0.1, 0.15) is 5.60 Å². The first-order valence-corrected chi connectivity index (χ1v) is 10.8. The maximum atomic E-state index is 12.5. The number of carbonyl (C=O) groups is 1. The second kappa shape index (κ2) is 9.63. The number of hydrogen-bond donors (Lipinski definition) is 2. The van der Waals surface area contributed by atoms with Crippen LogP contribution in [0.2, 0.25) is 0 Å². The molecule has 4 aromatic rings. The van der Waals surface area contributed by atoms with Crippen molar-refractivity contribution in [1.29, 1.82) is 0 Å². The van der Waals surface area contributed by atoms with Gasteiger partial charge in [-0.1, -0.05) is 109 Å². The molecule has 32 heavy (non-hydrogen) atoms. The lowest BCUT2D eigenvalue weighted by Gasteiger charge is -2.24. The highest BCUT2D eigenvalue weighted by Gasteiger charge is 2.23. The average Bonchev–Trinajstić information content (AvgIpc) is 2.84. The van der Waals surface area contributed by atoms with Crippen LogP contribution >= 0.6 is 0 Å². The lowest BCUT2D eigenvalue weighted by atomic mass is 9.93. The van der Waals surface area contributed by atoms with Crippen molar-refractivity contribution in [3.05, 3.63) is 120 Å². The van der Waals surface area contributed by atoms with E-state index in [0.717, 1.165) is 33.4 Å². The first-order valence-electron chi connectivity index (χ1n) is 10.8. The van der Waals surface area contributed by atoms with E-state index >= 15 is 0 Å². The normalized spacial score (nSPS) is 12.7. The molecule has 0 aromatic heterocycles. The Hall–Kier alpha value is -3.69. The van der Waals surface area contributed by atoms with E-state index in [9.17, 15) is 9.90 Å². The second-order valence-corrected chi connectivity index (χ2v) is 8.23. The third-order valence-corrected chi connectivity index (χ3v) is 5.67. The Kier molecular flexibility index (Phi) is 6.48. The summed E-state index contributed by atoms with van der Waals surface area (Å²) >= 11 is 0. The minimum Gasteiger partial charge on any atom is -0.384 e. The summed E-state index contributed by atoms with van der Waals surface area (Å²) in [5.74, 6) is -0.112. The van der Waals surface area contributed by atoms with E-state index in [1.54, 1.807) is 6.92 Å². The molecule has 4 rings (SSSR count). The lowest BCUT2D eigenvalue weighted by Crippen LogP contribution is -2.39. The molecule has 0 heterocycles. The first kappa shape index (κ1) is 21.5. The summed E-state index contributed by atoms with van der Waals surface area (Å²) in [5, 5.41) is 13.8. The molecule has 0 radical (unpaired) electrons. The summed E-state index contributed by atoms with van der Waals surface area (Å²) in [4.78, 5) is 12.5. The molecule has 160 valence electrons. The van der Waals surface area contributed by atoms with Crippen LogP contribution < -0.4 is 5.32 Å². The summed E-state index contributed by atoms with van der Waals surface area (Å²) in [5.41, 5.74) is 5.05. The van der Waals surface area contributed by atoms with Crippen LogP contribution in [0, 0.1) is 0 Å². The molecule has 3 nitrogen and oxygen atoms in total. The monoisotopic (exact) mass is 421 g/mol. The number of aliphatic hydroxyl groups is 1. The highest BCUT2D eigenvalue weighted by Crippen LogP contribution is 2.25. The van der Waals surface area contributed by atoms with Crippen molar-refractivity contribution in [3.63, 3.8) is 0 Å². The zero-order chi connectivity index (χ0) is 22.4. The molecule has 1 amide bonds. The van der Waals surface area contributed by atoms with Gasteiger partial charge in [0.05, 0.1) is 13.0 Å². The Morgan fingerprint density at radius 2 is 1.12 bits per heavy atom. The van der Waals surface area contributed by atoms with Gasteiger partial charge in [0.25, 0.3) is 0 Å². The van der Waals surface area contributed by atoms with E-state index in [2.05, 4.69) is 29.6 Å². The van der Waals surface area contributed by atoms with Gasteiger partial charge in [-0.2, -0.15) is 0 Å². The summed E-state index contributed by atoms with van der Waals surface area (Å²) in [6.45, 7) is 1.87. The van der Waals surface area contributed by atoms with Crippen LogP contribution in [0.4, 0.5) is 0 Å². The maximum absolute atomic E-state index is 12.5. The van der Waals surface area contributed by atoms with Crippen LogP contribution in [0.3, 0.4) is 0 Å². The zero-order valence-electron chi connectivity index (χ0n) is 18.2. The minimum absolute atomic E-state index is 0.112. The van der Waals surface area contributed by atoms with Gasteiger partial charge >= 0.3 is 0 Å². The Labute approximate surface area is 189 Å². The lowest BCUT2D eigenvalue weighted by molar-refractivity contribution is -0.121. The summed E-state index contributed by atoms with van der Waals surface area (Å²) in [6, 6.07) is 36.1. The Morgan fingerprint density at radius 1 is 0.688 bits per heavy atom. The summed E-state index contributed by atoms with van der Waals surface area (Å²) in [6.07, 6.45) is 0.276. The number of amides is 1. The molecule has 0 saturated carbocycles. The molecule has 3 heteroatoms. The fourth-order valence-electron chi connectivity index (χ4n) is 3.72. The van der Waals surface area contributed by atoms with Crippen molar-refractivity contribution in [3.8, 4) is 22.3 Å². The smallest absolute Gasteiger partial charge is 0.224 e. The highest BCUT2D eigenvalue weighted by molar-refractivity contribution is 5.79. The Morgan fingerprint density at radius 3 is 1.62 bits per heavy atom. The number of carbonyl (C=O) groups excluding carboxylic acids is 1. The number of rotatable bonds is 7. The van der Waals surface area contributed by atoms with Gasteiger partial charge in [0, 0.05) is 0 Å². The molecule has 0 bridgehead atoms. The van der Waals surface area contributed by atoms with Crippen molar-refractivity contribution < 1.29 is 9.90 Å². The van der Waals surface area contributed by atoms with Gasteiger partial charge in [-0.3, -0.25) is 4.79 Å². The molecule has 2 N–H and O–H groups in total. The van der Waals surface area contributed by atoms with E-state index in [-0.39, 0.29) is 18.9 Å². The molecule has 0 saturated heterocycles. The van der Waals surface area contributed by atoms with Crippen LogP contribution in [0.25, 0.3) is 22.3 Å². The van der Waals surface area contributed by atoms with E-state index in [4.69, 9.17) is 0 Å². The molecule has 1 unspecified atom stereocenters. The molecule has 4 aromatic carbocycles. The van der Waals surface area contributed by atoms with Crippen LogP contribution in [-0.2, 0) is 16.8 Å². The van der Waals surface area contributed by atoms with Gasteiger partial charge < -0.3 is 10.4 Å². The van der Waals surface area contributed by atoms with E-state index in [0.29, 0.717) is 0 Å². The van der Waals surface area contributed by atoms with E-state index in [1.807, 2.05) is 84.9 Å². The molecular weight excluding hydrogens is 394 g/mol. The van der Waals surface area contributed by atoms with Gasteiger partial charge in [0.2, 0.25) is 5.91 Å². The van der Waals surface area contributed by atoms with Crippen molar-refractivity contribution >= 4 is 5.91 Å². The van der Waals surface area contributed by atoms with Crippen molar-refractivity contribution in [2.75, 3.05) is 6.54 Å². The fourth-order valence-corrected chi connectivity index (χ4v) is 3.72. The average molecular weight is 422 g/mol. The standard InChI is InChI=1S/C29H27NO2/c1-29(32,27-18-16-26(17-19-27)24-10-6-3-7-11-24)21-30-28(31)20-22-12-14-25(15-13-22)23-8-4-2-5-9-23/h2-19,32H,20-21H2,1H3,(H,30,31). The van der Waals surface area contributed by atoms with Gasteiger partial charge in [0.15, 0.2) is 0 Å². The quantitative estimate of drug-likeness (QED) is 0.409. The summed E-state index contributed by atoms with van der Waals surface area (Å²) in [7, 11) is 0. The predicted octanol–water partition coefficient (Wildman–Crippen LogP) is 5.59. The highest BCUT2D eigenvalue weighted by atomic mass is 16.3. The van der Waals surface area contributed by atoms with Crippen LogP contribution in [-0.4, -0.2) is 17.6 Å². The molecular formula is C29H27NO2. The first-order chi connectivity index (χ1) is 15.5. The van der Waals surface area contributed by atoms with Crippen LogP contribution in [0.5, 0.6) is 0 Å². The van der Waals surface area contributed by atoms with Crippen LogP contribution in [0.1, 0.15) is 18.1 Å². The predicted molar refractivity (Wildman–Crippen MR) is 130 cm³/mol.